The molecule has 0 aliphatic carbocycles. The molecule has 0 fully saturated rings. The molecule has 0 heterocycles. The molecule has 0 unspecified atom stereocenters. The van der Waals surface area contributed by atoms with E-state index in [-0.39, 0.29) is 11.3 Å². The van der Waals surface area contributed by atoms with Gasteiger partial charge in [-0.3, -0.25) is 0 Å². The highest BCUT2D eigenvalue weighted by atomic mass is 19.1. The summed E-state index contributed by atoms with van der Waals surface area (Å²) in [5, 5.41) is 18.5. The van der Waals surface area contributed by atoms with Crippen molar-refractivity contribution >= 4 is 0 Å². The highest BCUT2D eigenvalue weighted by Gasteiger charge is 2.16. The first kappa shape index (κ1) is 14.8. The van der Waals surface area contributed by atoms with Gasteiger partial charge >= 0.3 is 0 Å². The van der Waals surface area contributed by atoms with Gasteiger partial charge in [-0.05, 0) is 31.2 Å². The summed E-state index contributed by atoms with van der Waals surface area (Å²) >= 11 is 0. The van der Waals surface area contributed by atoms with E-state index in [0.29, 0.717) is 17.1 Å². The third kappa shape index (κ3) is 3.12. The summed E-state index contributed by atoms with van der Waals surface area (Å²) in [4.78, 5) is 0. The molecule has 1 atom stereocenters. The molecule has 2 aromatic carbocycles. The summed E-state index contributed by atoms with van der Waals surface area (Å²) in [7, 11) is 1.45. The van der Waals surface area contributed by atoms with Crippen LogP contribution in [0.1, 0.15) is 24.2 Å². The Labute approximate surface area is 122 Å². The molecule has 0 saturated heterocycles. The van der Waals surface area contributed by atoms with Crippen LogP contribution >= 0.6 is 0 Å². The second kappa shape index (κ2) is 6.25. The number of aliphatic hydroxyl groups excluding tert-OH is 1. The van der Waals surface area contributed by atoms with Gasteiger partial charge in [0, 0.05) is 6.07 Å². The Morgan fingerprint density at radius 2 is 1.95 bits per heavy atom. The topological polar surface area (TPSA) is 62.5 Å². The van der Waals surface area contributed by atoms with Gasteiger partial charge in [-0.15, -0.1) is 0 Å². The molecule has 0 spiro atoms. The predicted octanol–water partition coefficient (Wildman–Crippen LogP) is 3.55. The van der Waals surface area contributed by atoms with E-state index in [0.717, 1.165) is 0 Å². The van der Waals surface area contributed by atoms with E-state index in [1.807, 2.05) is 6.07 Å². The molecule has 0 aromatic heterocycles. The van der Waals surface area contributed by atoms with Crippen molar-refractivity contribution in [3.63, 3.8) is 0 Å². The summed E-state index contributed by atoms with van der Waals surface area (Å²) in [6.07, 6.45) is -1.01. The van der Waals surface area contributed by atoms with Crippen molar-refractivity contribution in [3.05, 3.63) is 53.3 Å². The molecule has 0 aliphatic rings. The van der Waals surface area contributed by atoms with Crippen LogP contribution in [0.15, 0.2) is 36.4 Å². The number of methoxy groups -OCH3 is 1. The fraction of sp³-hybridized carbons (Fsp3) is 0.188. The largest absolute Gasteiger partial charge is 0.493 e. The molecular formula is C16H14FNO3. The van der Waals surface area contributed by atoms with Crippen LogP contribution in [0.5, 0.6) is 17.2 Å². The van der Waals surface area contributed by atoms with Crippen LogP contribution in [0.4, 0.5) is 4.39 Å². The van der Waals surface area contributed by atoms with Gasteiger partial charge in [0.05, 0.1) is 30.4 Å². The molecule has 1 N–H and O–H groups in total. The Balaban J connectivity index is 2.44. The van der Waals surface area contributed by atoms with Gasteiger partial charge < -0.3 is 14.6 Å². The van der Waals surface area contributed by atoms with E-state index >= 15 is 0 Å². The molecule has 2 aromatic rings. The lowest BCUT2D eigenvalue weighted by Gasteiger charge is -2.15. The maximum atomic E-state index is 13.8. The van der Waals surface area contributed by atoms with E-state index in [4.69, 9.17) is 14.7 Å². The molecular weight excluding hydrogens is 273 g/mol. The lowest BCUT2D eigenvalue weighted by atomic mass is 10.1. The van der Waals surface area contributed by atoms with Crippen LogP contribution in [0.25, 0.3) is 0 Å². The van der Waals surface area contributed by atoms with Crippen molar-refractivity contribution in [1.82, 2.24) is 0 Å². The first-order valence-electron chi connectivity index (χ1n) is 6.29. The minimum absolute atomic E-state index is 0.0731. The third-order valence-electron chi connectivity index (χ3n) is 2.94. The fourth-order valence-electron chi connectivity index (χ4n) is 1.95. The normalized spacial score (nSPS) is 11.6. The van der Waals surface area contributed by atoms with Crippen LogP contribution in [-0.2, 0) is 0 Å². The SMILES string of the molecule is COc1cc(C#N)ccc1Oc1cccc(F)c1[C@H](C)O. The molecule has 0 aliphatic heterocycles. The number of nitrogens with zero attached hydrogens (tertiary/aromatic N) is 1. The van der Waals surface area contributed by atoms with E-state index in [1.54, 1.807) is 18.2 Å². The molecule has 21 heavy (non-hydrogen) atoms. The van der Waals surface area contributed by atoms with E-state index in [9.17, 15) is 9.50 Å². The maximum absolute atomic E-state index is 13.8. The molecule has 2 rings (SSSR count). The number of benzene rings is 2. The van der Waals surface area contributed by atoms with Crippen LogP contribution in [0.3, 0.4) is 0 Å². The maximum Gasteiger partial charge on any atom is 0.169 e. The van der Waals surface area contributed by atoms with Crippen LogP contribution in [-0.4, -0.2) is 12.2 Å². The van der Waals surface area contributed by atoms with E-state index in [1.165, 1.54) is 32.2 Å². The monoisotopic (exact) mass is 287 g/mol. The Bertz CT molecular complexity index is 692. The molecule has 5 heteroatoms. The first-order valence-corrected chi connectivity index (χ1v) is 6.29. The average molecular weight is 287 g/mol. The van der Waals surface area contributed by atoms with Crippen molar-refractivity contribution in [1.29, 1.82) is 5.26 Å². The van der Waals surface area contributed by atoms with Gasteiger partial charge in [-0.1, -0.05) is 6.07 Å². The average Bonchev–Trinajstić information content (AvgIpc) is 2.47. The zero-order valence-corrected chi connectivity index (χ0v) is 11.6. The quantitative estimate of drug-likeness (QED) is 0.934. The van der Waals surface area contributed by atoms with Gasteiger partial charge in [0.1, 0.15) is 11.6 Å². The zero-order valence-electron chi connectivity index (χ0n) is 11.6. The first-order chi connectivity index (χ1) is 10.1. The second-order valence-electron chi connectivity index (χ2n) is 4.41. The molecule has 0 amide bonds. The van der Waals surface area contributed by atoms with Crippen molar-refractivity contribution in [2.24, 2.45) is 0 Å². The highest BCUT2D eigenvalue weighted by molar-refractivity contribution is 5.49. The number of halogens is 1. The minimum atomic E-state index is -1.01. The van der Waals surface area contributed by atoms with Gasteiger partial charge in [-0.2, -0.15) is 5.26 Å². The summed E-state index contributed by atoms with van der Waals surface area (Å²) in [5.74, 6) is 0.349. The molecule has 0 saturated carbocycles. The Morgan fingerprint density at radius 3 is 2.57 bits per heavy atom. The Hall–Kier alpha value is -2.58. The lowest BCUT2D eigenvalue weighted by molar-refractivity contribution is 0.190. The summed E-state index contributed by atoms with van der Waals surface area (Å²) < 4.78 is 24.6. The van der Waals surface area contributed by atoms with Gasteiger partial charge in [-0.25, -0.2) is 4.39 Å². The number of nitriles is 1. The van der Waals surface area contributed by atoms with Crippen molar-refractivity contribution in [3.8, 4) is 23.3 Å². The third-order valence-corrected chi connectivity index (χ3v) is 2.94. The Kier molecular flexibility index (Phi) is 4.41. The highest BCUT2D eigenvalue weighted by Crippen LogP contribution is 2.36. The second-order valence-corrected chi connectivity index (χ2v) is 4.41. The fourth-order valence-corrected chi connectivity index (χ4v) is 1.95. The van der Waals surface area contributed by atoms with Crippen LogP contribution in [0, 0.1) is 17.1 Å². The molecule has 108 valence electrons. The van der Waals surface area contributed by atoms with E-state index < -0.39 is 11.9 Å². The number of ether oxygens (including phenoxy) is 2. The molecule has 0 radical (unpaired) electrons. The molecule has 4 nitrogen and oxygen atoms in total. The van der Waals surface area contributed by atoms with Gasteiger partial charge in [0.25, 0.3) is 0 Å². The number of hydrogen-bond donors (Lipinski definition) is 1. The van der Waals surface area contributed by atoms with Gasteiger partial charge in [0.15, 0.2) is 11.5 Å². The predicted molar refractivity (Wildman–Crippen MR) is 74.8 cm³/mol. The number of hydrogen-bond acceptors (Lipinski definition) is 4. The smallest absolute Gasteiger partial charge is 0.169 e. The standard InChI is InChI=1S/C16H14FNO3/c1-10(19)16-12(17)4-3-5-14(16)21-13-7-6-11(9-18)8-15(13)20-2/h3-8,10,19H,1-2H3/t10-/m0/s1. The summed E-state index contributed by atoms with van der Waals surface area (Å²) in [6, 6.07) is 11.0. The summed E-state index contributed by atoms with van der Waals surface area (Å²) in [6.45, 7) is 1.46. The van der Waals surface area contributed by atoms with Crippen LogP contribution < -0.4 is 9.47 Å². The zero-order chi connectivity index (χ0) is 15.4. The van der Waals surface area contributed by atoms with Crippen molar-refractivity contribution in [2.45, 2.75) is 13.0 Å². The minimum Gasteiger partial charge on any atom is -0.493 e. The molecule has 0 bridgehead atoms. The van der Waals surface area contributed by atoms with Crippen LogP contribution in [0.2, 0.25) is 0 Å². The number of rotatable bonds is 4. The van der Waals surface area contributed by atoms with Gasteiger partial charge in [0.2, 0.25) is 0 Å². The lowest BCUT2D eigenvalue weighted by Crippen LogP contribution is -2.00. The summed E-state index contributed by atoms with van der Waals surface area (Å²) in [5.41, 5.74) is 0.498. The van der Waals surface area contributed by atoms with Crippen molar-refractivity contribution in [2.75, 3.05) is 7.11 Å². The van der Waals surface area contributed by atoms with Crippen molar-refractivity contribution < 1.29 is 19.0 Å². The Morgan fingerprint density at radius 1 is 1.19 bits per heavy atom. The number of aliphatic hydroxyl groups is 1. The van der Waals surface area contributed by atoms with E-state index in [2.05, 4.69) is 0 Å².